The van der Waals surface area contributed by atoms with Crippen LogP contribution in [-0.4, -0.2) is 18.3 Å². The van der Waals surface area contributed by atoms with Crippen LogP contribution < -0.4 is 5.23 Å². The van der Waals surface area contributed by atoms with E-state index in [4.69, 9.17) is 9.62 Å². The Bertz CT molecular complexity index is 572. The van der Waals surface area contributed by atoms with Gasteiger partial charge in [-0.15, -0.1) is 0 Å². The molecule has 1 heterocycles. The van der Waals surface area contributed by atoms with E-state index in [1.807, 2.05) is 0 Å². The first-order valence-electron chi connectivity index (χ1n) is 4.89. The van der Waals surface area contributed by atoms with Crippen molar-refractivity contribution in [1.29, 1.82) is 0 Å². The highest BCUT2D eigenvalue weighted by Crippen LogP contribution is 2.27. The molecule has 1 aromatic carbocycles. The number of carbonyl (C=O) groups is 1. The van der Waals surface area contributed by atoms with Crippen LogP contribution in [0.5, 0.6) is 0 Å². The number of furan rings is 1. The van der Waals surface area contributed by atoms with Crippen LogP contribution in [0.4, 0.5) is 5.69 Å². The average Bonchev–Trinajstić information content (AvgIpc) is 2.62. The number of hydrogen-bond donors (Lipinski definition) is 2. The molecular formula is C11H11NO5. The summed E-state index contributed by atoms with van der Waals surface area (Å²) < 4.78 is 10.0. The number of nitrogens with one attached hydrogen (secondary N) is 1. The maximum atomic E-state index is 11.6. The lowest BCUT2D eigenvalue weighted by Crippen LogP contribution is -2.99. The number of rotatable bonds is 2. The molecule has 6 heteroatoms. The van der Waals surface area contributed by atoms with Gasteiger partial charge in [0.1, 0.15) is 16.9 Å². The number of methoxy groups -OCH3 is 1. The van der Waals surface area contributed by atoms with Crippen LogP contribution >= 0.6 is 0 Å². The van der Waals surface area contributed by atoms with E-state index in [0.29, 0.717) is 16.7 Å². The third-order valence-electron chi connectivity index (χ3n) is 2.50. The van der Waals surface area contributed by atoms with Crippen molar-refractivity contribution in [3.8, 4) is 0 Å². The Morgan fingerprint density at radius 3 is 2.82 bits per heavy atom. The Hall–Kier alpha value is -1.89. The first kappa shape index (κ1) is 11.6. The molecule has 1 unspecified atom stereocenters. The van der Waals surface area contributed by atoms with Gasteiger partial charge in [-0.3, -0.25) is 0 Å². The van der Waals surface area contributed by atoms with Gasteiger partial charge in [0, 0.05) is 17.5 Å². The molecule has 2 rings (SSSR count). The van der Waals surface area contributed by atoms with E-state index >= 15 is 0 Å². The van der Waals surface area contributed by atoms with E-state index in [-0.39, 0.29) is 11.3 Å². The van der Waals surface area contributed by atoms with Gasteiger partial charge in [-0.25, -0.2) is 10.0 Å². The van der Waals surface area contributed by atoms with Crippen molar-refractivity contribution >= 4 is 22.6 Å². The number of fused-ring (bicyclic) bond motifs is 1. The molecule has 0 radical (unpaired) electrons. The number of quaternary nitrogens is 1. The fourth-order valence-electron chi connectivity index (χ4n) is 1.71. The summed E-state index contributed by atoms with van der Waals surface area (Å²) in [6.45, 7) is 1.63. The van der Waals surface area contributed by atoms with Crippen molar-refractivity contribution in [3.05, 3.63) is 34.7 Å². The molecule has 1 aromatic heterocycles. The number of esters is 1. The number of benzene rings is 1. The summed E-state index contributed by atoms with van der Waals surface area (Å²) >= 11 is 0. The summed E-state index contributed by atoms with van der Waals surface area (Å²) in [5.41, 5.74) is 0.835. The van der Waals surface area contributed by atoms with E-state index in [2.05, 4.69) is 4.74 Å². The summed E-state index contributed by atoms with van der Waals surface area (Å²) in [4.78, 5) is 11.6. The first-order valence-corrected chi connectivity index (χ1v) is 4.89. The third-order valence-corrected chi connectivity index (χ3v) is 2.50. The van der Waals surface area contributed by atoms with Crippen LogP contribution in [0, 0.1) is 12.1 Å². The lowest BCUT2D eigenvalue weighted by Gasteiger charge is -2.10. The Morgan fingerprint density at radius 2 is 2.24 bits per heavy atom. The lowest BCUT2D eigenvalue weighted by molar-refractivity contribution is -0.991. The smallest absolute Gasteiger partial charge is 0.342 e. The van der Waals surface area contributed by atoms with E-state index in [1.165, 1.54) is 25.3 Å². The summed E-state index contributed by atoms with van der Waals surface area (Å²) in [6.07, 6.45) is 0. The zero-order valence-corrected chi connectivity index (χ0v) is 9.31. The van der Waals surface area contributed by atoms with Crippen LogP contribution in [-0.2, 0) is 4.74 Å². The molecule has 0 aliphatic carbocycles. The second kappa shape index (κ2) is 4.17. The van der Waals surface area contributed by atoms with E-state index in [9.17, 15) is 10.0 Å². The minimum absolute atomic E-state index is 0.100. The standard InChI is InChI=1S/C11H11NO5/c1-6-10(11(13)16-2)8-5-7(12(14)15)3-4-9(8)17-6/h3-5,12,14H,1-2H3. The van der Waals surface area contributed by atoms with Crippen LogP contribution in [0.1, 0.15) is 16.1 Å². The van der Waals surface area contributed by atoms with E-state index in [0.717, 1.165) is 0 Å². The Morgan fingerprint density at radius 1 is 1.53 bits per heavy atom. The van der Waals surface area contributed by atoms with Gasteiger partial charge in [-0.2, -0.15) is 5.23 Å². The van der Waals surface area contributed by atoms with Crippen LogP contribution in [0.3, 0.4) is 0 Å². The Kier molecular flexibility index (Phi) is 2.84. The van der Waals surface area contributed by atoms with Crippen molar-refractivity contribution in [3.63, 3.8) is 0 Å². The fraction of sp³-hybridized carbons (Fsp3) is 0.182. The average molecular weight is 237 g/mol. The van der Waals surface area contributed by atoms with E-state index < -0.39 is 11.2 Å². The fourth-order valence-corrected chi connectivity index (χ4v) is 1.71. The predicted octanol–water partition coefficient (Wildman–Crippen LogP) is 0.931. The monoisotopic (exact) mass is 237 g/mol. The van der Waals surface area contributed by atoms with Gasteiger partial charge in [0.15, 0.2) is 5.69 Å². The second-order valence-electron chi connectivity index (χ2n) is 3.54. The number of carbonyl (C=O) groups excluding carboxylic acids is 1. The minimum Gasteiger partial charge on any atom is -0.595 e. The van der Waals surface area contributed by atoms with Crippen LogP contribution in [0.2, 0.25) is 0 Å². The van der Waals surface area contributed by atoms with Crippen LogP contribution in [0.25, 0.3) is 11.0 Å². The molecule has 6 nitrogen and oxygen atoms in total. The zero-order valence-electron chi connectivity index (χ0n) is 9.31. The molecule has 1 atom stereocenters. The molecule has 0 amide bonds. The van der Waals surface area contributed by atoms with Gasteiger partial charge in [-0.1, -0.05) is 0 Å². The molecular weight excluding hydrogens is 226 g/mol. The molecule has 0 spiro atoms. The van der Waals surface area contributed by atoms with Crippen molar-refractivity contribution in [2.24, 2.45) is 0 Å². The molecule has 2 N–H and O–H groups in total. The molecule has 0 bridgehead atoms. The highest BCUT2D eigenvalue weighted by molar-refractivity contribution is 6.05. The maximum Gasteiger partial charge on any atom is 0.342 e. The van der Waals surface area contributed by atoms with Gasteiger partial charge in [0.05, 0.1) is 7.11 Å². The van der Waals surface area contributed by atoms with Gasteiger partial charge in [0.2, 0.25) is 0 Å². The topological polar surface area (TPSA) is 87.2 Å². The SMILES string of the molecule is COC(=O)c1c(C)oc2ccc([NH+]([O-])O)cc12. The minimum atomic E-state index is -1.05. The number of ether oxygens (including phenoxy) is 1. The molecule has 0 fully saturated rings. The van der Waals surface area contributed by atoms with Gasteiger partial charge in [-0.05, 0) is 13.0 Å². The van der Waals surface area contributed by atoms with Crippen molar-refractivity contribution in [1.82, 2.24) is 0 Å². The van der Waals surface area contributed by atoms with Crippen molar-refractivity contribution < 1.29 is 24.4 Å². The zero-order chi connectivity index (χ0) is 12.6. The summed E-state index contributed by atoms with van der Waals surface area (Å²) in [5, 5.41) is 19.1. The molecule has 90 valence electrons. The first-order chi connectivity index (χ1) is 8.04. The Balaban J connectivity index is 2.69. The van der Waals surface area contributed by atoms with Crippen molar-refractivity contribution in [2.75, 3.05) is 7.11 Å². The second-order valence-corrected chi connectivity index (χ2v) is 3.54. The van der Waals surface area contributed by atoms with Gasteiger partial charge < -0.3 is 14.4 Å². The van der Waals surface area contributed by atoms with E-state index in [1.54, 1.807) is 6.92 Å². The lowest BCUT2D eigenvalue weighted by atomic mass is 10.1. The maximum absolute atomic E-state index is 11.6. The Labute approximate surface area is 96.5 Å². The van der Waals surface area contributed by atoms with Crippen LogP contribution in [0.15, 0.2) is 22.6 Å². The van der Waals surface area contributed by atoms with Gasteiger partial charge in [0.25, 0.3) is 0 Å². The molecule has 0 saturated heterocycles. The number of aryl methyl sites for hydroxylation is 1. The highest BCUT2D eigenvalue weighted by Gasteiger charge is 2.19. The van der Waals surface area contributed by atoms with Gasteiger partial charge >= 0.3 is 5.97 Å². The predicted molar refractivity (Wildman–Crippen MR) is 58.1 cm³/mol. The third kappa shape index (κ3) is 1.89. The summed E-state index contributed by atoms with van der Waals surface area (Å²) in [7, 11) is 1.27. The molecule has 17 heavy (non-hydrogen) atoms. The molecule has 2 aromatic rings. The van der Waals surface area contributed by atoms with Crippen molar-refractivity contribution in [2.45, 2.75) is 6.92 Å². The number of hydrogen-bond acceptors (Lipinski definition) is 5. The molecule has 0 aliphatic rings. The highest BCUT2D eigenvalue weighted by atomic mass is 16.8. The largest absolute Gasteiger partial charge is 0.595 e. The quantitative estimate of drug-likeness (QED) is 0.599. The summed E-state index contributed by atoms with van der Waals surface area (Å²) in [5.74, 6) is -0.127. The summed E-state index contributed by atoms with van der Waals surface area (Å²) in [6, 6.07) is 4.35. The molecule has 0 saturated carbocycles. The normalized spacial score (nSPS) is 12.7. The molecule has 0 aliphatic heterocycles.